The first-order valence-corrected chi connectivity index (χ1v) is 12.3. The van der Waals surface area contributed by atoms with Gasteiger partial charge in [0.15, 0.2) is 11.0 Å². The molecule has 3 aromatic carbocycles. The van der Waals surface area contributed by atoms with Crippen molar-refractivity contribution >= 4 is 21.8 Å². The first-order chi connectivity index (χ1) is 15.4. The molecule has 164 valence electrons. The second-order valence-electron chi connectivity index (χ2n) is 7.12. The van der Waals surface area contributed by atoms with Gasteiger partial charge in [0.25, 0.3) is 0 Å². The lowest BCUT2D eigenvalue weighted by atomic mass is 10.2. The van der Waals surface area contributed by atoms with Gasteiger partial charge in [0, 0.05) is 11.4 Å². The summed E-state index contributed by atoms with van der Waals surface area (Å²) in [7, 11) is -3.83. The number of sulfonamides is 1. The van der Waals surface area contributed by atoms with Gasteiger partial charge in [-0.3, -0.25) is 4.57 Å². The number of nitrogens with one attached hydrogen (secondary N) is 1. The second-order valence-corrected chi connectivity index (χ2v) is 9.83. The summed E-state index contributed by atoms with van der Waals surface area (Å²) in [4.78, 5) is -0.0148. The number of halogens is 1. The highest BCUT2D eigenvalue weighted by atomic mass is 32.2. The minimum Gasteiger partial charge on any atom is -0.273 e. The van der Waals surface area contributed by atoms with Crippen molar-refractivity contribution in [2.45, 2.75) is 29.3 Å². The Balaban J connectivity index is 1.60. The van der Waals surface area contributed by atoms with Gasteiger partial charge in [-0.25, -0.2) is 17.5 Å². The van der Waals surface area contributed by atoms with Gasteiger partial charge in [0.1, 0.15) is 5.82 Å². The molecule has 1 aromatic heterocycles. The molecule has 4 aromatic rings. The van der Waals surface area contributed by atoms with E-state index in [-0.39, 0.29) is 11.4 Å². The van der Waals surface area contributed by atoms with Gasteiger partial charge in [-0.2, -0.15) is 0 Å². The minimum atomic E-state index is -3.83. The maximum Gasteiger partial charge on any atom is 0.240 e. The topological polar surface area (TPSA) is 76.9 Å². The van der Waals surface area contributed by atoms with Crippen molar-refractivity contribution in [3.63, 3.8) is 0 Å². The third-order valence-corrected chi connectivity index (χ3v) is 7.16. The molecule has 1 heterocycles. The maximum absolute atomic E-state index is 13.2. The average Bonchev–Trinajstić information content (AvgIpc) is 3.21. The van der Waals surface area contributed by atoms with Gasteiger partial charge in [-0.05, 0) is 48.9 Å². The van der Waals surface area contributed by atoms with Crippen molar-refractivity contribution < 1.29 is 12.8 Å². The number of benzene rings is 3. The number of hydrogen-bond donors (Lipinski definition) is 1. The summed E-state index contributed by atoms with van der Waals surface area (Å²) >= 11 is 1.52. The second kappa shape index (κ2) is 9.64. The standard InChI is InChI=1S/C23H21FN4O2S2/c1-17-7-11-20(12-8-17)28-22(15-25-32(29,30)21-13-9-19(24)10-14-21)26-27-23(28)31-16-18-5-3-2-4-6-18/h2-14,25H,15-16H2,1H3. The molecule has 0 fully saturated rings. The molecule has 0 aliphatic carbocycles. The van der Waals surface area contributed by atoms with Crippen molar-refractivity contribution in [2.75, 3.05) is 0 Å². The molecule has 0 radical (unpaired) electrons. The fraction of sp³-hybridized carbons (Fsp3) is 0.130. The first kappa shape index (κ1) is 22.2. The number of aryl methyl sites for hydroxylation is 1. The van der Waals surface area contributed by atoms with Crippen LogP contribution in [0.2, 0.25) is 0 Å². The van der Waals surface area contributed by atoms with Crippen LogP contribution in [0.1, 0.15) is 17.0 Å². The van der Waals surface area contributed by atoms with E-state index in [0.29, 0.717) is 16.7 Å². The van der Waals surface area contributed by atoms with Crippen LogP contribution in [-0.4, -0.2) is 23.2 Å². The van der Waals surface area contributed by atoms with E-state index in [9.17, 15) is 12.8 Å². The zero-order valence-corrected chi connectivity index (χ0v) is 18.9. The highest BCUT2D eigenvalue weighted by molar-refractivity contribution is 7.98. The summed E-state index contributed by atoms with van der Waals surface area (Å²) in [6, 6.07) is 22.5. The zero-order chi connectivity index (χ0) is 22.6. The Morgan fingerprint density at radius 3 is 2.31 bits per heavy atom. The zero-order valence-electron chi connectivity index (χ0n) is 17.3. The third-order valence-electron chi connectivity index (χ3n) is 4.75. The van der Waals surface area contributed by atoms with Crippen LogP contribution in [0.25, 0.3) is 5.69 Å². The summed E-state index contributed by atoms with van der Waals surface area (Å²) in [6.07, 6.45) is 0. The summed E-state index contributed by atoms with van der Waals surface area (Å²) in [5.41, 5.74) is 3.10. The first-order valence-electron chi connectivity index (χ1n) is 9.86. The van der Waals surface area contributed by atoms with E-state index in [4.69, 9.17) is 0 Å². The highest BCUT2D eigenvalue weighted by Crippen LogP contribution is 2.25. The van der Waals surface area contributed by atoms with Crippen molar-refractivity contribution in [1.82, 2.24) is 19.5 Å². The molecule has 0 saturated heterocycles. The van der Waals surface area contributed by atoms with E-state index in [0.717, 1.165) is 28.9 Å². The molecule has 0 saturated carbocycles. The molecule has 0 aliphatic rings. The molecule has 0 atom stereocenters. The quantitative estimate of drug-likeness (QED) is 0.386. The molecule has 0 aliphatic heterocycles. The summed E-state index contributed by atoms with van der Waals surface area (Å²) in [5, 5.41) is 9.21. The van der Waals surface area contributed by atoms with E-state index in [1.54, 1.807) is 0 Å². The Morgan fingerprint density at radius 2 is 1.62 bits per heavy atom. The fourth-order valence-electron chi connectivity index (χ4n) is 3.04. The van der Waals surface area contributed by atoms with Crippen molar-refractivity contribution in [3.05, 3.63) is 102 Å². The van der Waals surface area contributed by atoms with Gasteiger partial charge in [-0.1, -0.05) is 59.8 Å². The Bertz CT molecular complexity index is 1290. The lowest BCUT2D eigenvalue weighted by Gasteiger charge is -2.12. The molecule has 0 unspecified atom stereocenters. The highest BCUT2D eigenvalue weighted by Gasteiger charge is 2.19. The van der Waals surface area contributed by atoms with Crippen molar-refractivity contribution in [1.29, 1.82) is 0 Å². The predicted octanol–water partition coefficient (Wildman–Crippen LogP) is 4.49. The molecular weight excluding hydrogens is 447 g/mol. The molecule has 0 bridgehead atoms. The van der Waals surface area contributed by atoms with Crippen molar-refractivity contribution in [3.8, 4) is 5.69 Å². The molecule has 1 N–H and O–H groups in total. The Morgan fingerprint density at radius 1 is 0.938 bits per heavy atom. The number of thioether (sulfide) groups is 1. The largest absolute Gasteiger partial charge is 0.273 e. The monoisotopic (exact) mass is 468 g/mol. The smallest absolute Gasteiger partial charge is 0.240 e. The average molecular weight is 469 g/mol. The lowest BCUT2D eigenvalue weighted by Crippen LogP contribution is -2.25. The number of hydrogen-bond acceptors (Lipinski definition) is 5. The third kappa shape index (κ3) is 5.24. The van der Waals surface area contributed by atoms with Gasteiger partial charge in [-0.15, -0.1) is 10.2 Å². The fourth-order valence-corrected chi connectivity index (χ4v) is 4.95. The molecule has 0 spiro atoms. The van der Waals surface area contributed by atoms with E-state index in [1.165, 1.54) is 23.9 Å². The number of aromatic nitrogens is 3. The van der Waals surface area contributed by atoms with Gasteiger partial charge >= 0.3 is 0 Å². The number of rotatable bonds is 8. The van der Waals surface area contributed by atoms with Crippen LogP contribution < -0.4 is 4.72 Å². The minimum absolute atomic E-state index is 0.0148. The normalized spacial score (nSPS) is 11.6. The van der Waals surface area contributed by atoms with Crippen LogP contribution in [0, 0.1) is 12.7 Å². The molecule has 32 heavy (non-hydrogen) atoms. The van der Waals surface area contributed by atoms with Crippen LogP contribution in [0.3, 0.4) is 0 Å². The molecular formula is C23H21FN4O2S2. The molecule has 0 amide bonds. The molecule has 4 rings (SSSR count). The van der Waals surface area contributed by atoms with Crippen LogP contribution in [0.15, 0.2) is 88.9 Å². The van der Waals surface area contributed by atoms with E-state index >= 15 is 0 Å². The molecule has 6 nitrogen and oxygen atoms in total. The SMILES string of the molecule is Cc1ccc(-n2c(CNS(=O)(=O)c3ccc(F)cc3)nnc2SCc2ccccc2)cc1. The van der Waals surface area contributed by atoms with Crippen molar-refractivity contribution in [2.24, 2.45) is 0 Å². The lowest BCUT2D eigenvalue weighted by molar-refractivity contribution is 0.577. The van der Waals surface area contributed by atoms with E-state index in [1.807, 2.05) is 66.1 Å². The molecule has 9 heteroatoms. The van der Waals surface area contributed by atoms with E-state index in [2.05, 4.69) is 14.9 Å². The summed E-state index contributed by atoms with van der Waals surface area (Å²) in [6.45, 7) is 1.94. The van der Waals surface area contributed by atoms with Gasteiger partial charge in [0.2, 0.25) is 10.0 Å². The Hall–Kier alpha value is -3.01. The summed E-state index contributed by atoms with van der Waals surface area (Å²) in [5.74, 6) is 0.657. The van der Waals surface area contributed by atoms with Crippen LogP contribution in [0.5, 0.6) is 0 Å². The Kier molecular flexibility index (Phi) is 6.69. The van der Waals surface area contributed by atoms with Crippen LogP contribution >= 0.6 is 11.8 Å². The predicted molar refractivity (Wildman–Crippen MR) is 123 cm³/mol. The van der Waals surface area contributed by atoms with Gasteiger partial charge in [0.05, 0.1) is 11.4 Å². The van der Waals surface area contributed by atoms with Crippen LogP contribution in [0.4, 0.5) is 4.39 Å². The maximum atomic E-state index is 13.2. The van der Waals surface area contributed by atoms with Crippen LogP contribution in [-0.2, 0) is 22.3 Å². The Labute approximate surface area is 190 Å². The van der Waals surface area contributed by atoms with E-state index < -0.39 is 15.8 Å². The summed E-state index contributed by atoms with van der Waals surface area (Å²) < 4.78 is 42.8. The number of nitrogens with zero attached hydrogens (tertiary/aromatic N) is 3. The van der Waals surface area contributed by atoms with Gasteiger partial charge < -0.3 is 0 Å².